The van der Waals surface area contributed by atoms with E-state index in [9.17, 15) is 4.79 Å². The third-order valence-corrected chi connectivity index (χ3v) is 6.73. The van der Waals surface area contributed by atoms with Gasteiger partial charge in [0.1, 0.15) is 11.8 Å². The van der Waals surface area contributed by atoms with Crippen molar-refractivity contribution < 1.29 is 9.15 Å². The van der Waals surface area contributed by atoms with Crippen LogP contribution in [0.25, 0.3) is 10.9 Å². The molecule has 0 fully saturated rings. The third kappa shape index (κ3) is 5.34. The molecule has 0 aliphatic rings. The van der Waals surface area contributed by atoms with E-state index in [0.717, 1.165) is 27.8 Å². The van der Waals surface area contributed by atoms with Gasteiger partial charge in [0.05, 0.1) is 31.5 Å². The summed E-state index contributed by atoms with van der Waals surface area (Å²) in [6, 6.07) is 18.6. The highest BCUT2D eigenvalue weighted by molar-refractivity contribution is 6.31. The molecule has 0 aliphatic heterocycles. The molecule has 190 valence electrons. The molecule has 0 unspecified atom stereocenters. The molecular formula is C27H27ClN6O3. The zero-order valence-corrected chi connectivity index (χ0v) is 21.4. The van der Waals surface area contributed by atoms with Gasteiger partial charge in [-0.15, -0.1) is 5.10 Å². The summed E-state index contributed by atoms with van der Waals surface area (Å²) < 4.78 is 12.7. The first-order valence-electron chi connectivity index (χ1n) is 11.9. The Morgan fingerprint density at radius 2 is 2.00 bits per heavy atom. The quantitative estimate of drug-likeness (QED) is 0.290. The van der Waals surface area contributed by atoms with Crippen molar-refractivity contribution >= 4 is 22.5 Å². The second-order valence-electron chi connectivity index (χ2n) is 8.82. The first kappa shape index (κ1) is 24.9. The van der Waals surface area contributed by atoms with Crippen molar-refractivity contribution in [3.05, 3.63) is 111 Å². The maximum absolute atomic E-state index is 13.6. The fourth-order valence-electron chi connectivity index (χ4n) is 4.53. The number of halogens is 1. The fraction of sp³-hybridized carbons (Fsp3) is 0.259. The van der Waals surface area contributed by atoms with Crippen LogP contribution in [0.15, 0.2) is 76.1 Å². The first-order chi connectivity index (χ1) is 18.0. The molecule has 5 aromatic rings. The van der Waals surface area contributed by atoms with Crippen LogP contribution in [0.3, 0.4) is 0 Å². The van der Waals surface area contributed by atoms with Crippen molar-refractivity contribution in [1.82, 2.24) is 30.1 Å². The number of hydrogen-bond donors (Lipinski definition) is 1. The van der Waals surface area contributed by atoms with Crippen molar-refractivity contribution in [3.8, 4) is 0 Å². The minimum Gasteiger partial charge on any atom is -0.468 e. The van der Waals surface area contributed by atoms with Crippen LogP contribution >= 0.6 is 11.6 Å². The molecule has 0 radical (unpaired) electrons. The molecule has 1 N–H and O–H groups in total. The summed E-state index contributed by atoms with van der Waals surface area (Å²) in [5.41, 5.74) is 3.01. The van der Waals surface area contributed by atoms with E-state index in [1.807, 2.05) is 67.6 Å². The van der Waals surface area contributed by atoms with Gasteiger partial charge in [0, 0.05) is 24.2 Å². The zero-order chi connectivity index (χ0) is 25.8. The number of rotatable bonds is 10. The van der Waals surface area contributed by atoms with Gasteiger partial charge < -0.3 is 14.1 Å². The number of pyridine rings is 1. The number of tetrazole rings is 1. The molecular weight excluding hydrogens is 492 g/mol. The van der Waals surface area contributed by atoms with Gasteiger partial charge in [-0.2, -0.15) is 0 Å². The highest BCUT2D eigenvalue weighted by atomic mass is 35.5. The molecule has 3 heterocycles. The number of furan rings is 1. The number of ether oxygens (including phenoxy) is 1. The molecule has 9 nitrogen and oxygen atoms in total. The van der Waals surface area contributed by atoms with Crippen molar-refractivity contribution in [3.63, 3.8) is 0 Å². The summed E-state index contributed by atoms with van der Waals surface area (Å²) in [5.74, 6) is 1.26. The van der Waals surface area contributed by atoms with Gasteiger partial charge in [0.2, 0.25) is 0 Å². The SMILES string of the molecule is COCCn1nnnc1[C@@H](c1cc2cccc(C)c2[nH]c1=O)N(Cc1ccco1)Cc1ccccc1Cl. The van der Waals surface area contributed by atoms with Crippen molar-refractivity contribution in [2.24, 2.45) is 0 Å². The second kappa shape index (κ2) is 11.1. The number of hydrogen-bond acceptors (Lipinski definition) is 7. The summed E-state index contributed by atoms with van der Waals surface area (Å²) in [6.07, 6.45) is 1.63. The van der Waals surface area contributed by atoms with Crippen molar-refractivity contribution in [2.75, 3.05) is 13.7 Å². The van der Waals surface area contributed by atoms with Gasteiger partial charge in [-0.3, -0.25) is 9.69 Å². The van der Waals surface area contributed by atoms with E-state index in [4.69, 9.17) is 20.8 Å². The summed E-state index contributed by atoms with van der Waals surface area (Å²) in [5, 5.41) is 14.1. The maximum Gasteiger partial charge on any atom is 0.253 e. The van der Waals surface area contributed by atoms with Crippen LogP contribution < -0.4 is 5.56 Å². The van der Waals surface area contributed by atoms with Gasteiger partial charge in [-0.1, -0.05) is 48.0 Å². The molecule has 2 aromatic carbocycles. The van der Waals surface area contributed by atoms with Gasteiger partial charge in [-0.25, -0.2) is 4.68 Å². The topological polar surface area (TPSA) is 102 Å². The summed E-state index contributed by atoms with van der Waals surface area (Å²) in [7, 11) is 1.62. The number of fused-ring (bicyclic) bond motifs is 1. The van der Waals surface area contributed by atoms with E-state index >= 15 is 0 Å². The van der Waals surface area contributed by atoms with Gasteiger partial charge in [0.25, 0.3) is 5.56 Å². The molecule has 5 rings (SSSR count). The van der Waals surface area contributed by atoms with Gasteiger partial charge in [0.15, 0.2) is 5.82 Å². The number of para-hydroxylation sites is 1. The molecule has 0 saturated heterocycles. The van der Waals surface area contributed by atoms with E-state index in [1.165, 1.54) is 0 Å². The lowest BCUT2D eigenvalue weighted by Gasteiger charge is -2.30. The molecule has 0 aliphatic carbocycles. The molecule has 1 atom stereocenters. The van der Waals surface area contributed by atoms with E-state index < -0.39 is 6.04 Å². The number of nitrogens with zero attached hydrogens (tertiary/aromatic N) is 5. The lowest BCUT2D eigenvalue weighted by atomic mass is 10.0. The lowest BCUT2D eigenvalue weighted by Crippen LogP contribution is -2.35. The van der Waals surface area contributed by atoms with Crippen molar-refractivity contribution in [1.29, 1.82) is 0 Å². The Bertz CT molecular complexity index is 1550. The van der Waals surface area contributed by atoms with E-state index in [0.29, 0.717) is 42.7 Å². The van der Waals surface area contributed by atoms with Gasteiger partial charge >= 0.3 is 0 Å². The molecule has 10 heteroatoms. The average molecular weight is 519 g/mol. The number of benzene rings is 2. The molecule has 3 aromatic heterocycles. The number of H-pyrrole nitrogens is 1. The Balaban J connectivity index is 1.70. The van der Waals surface area contributed by atoms with Crippen LogP contribution in [0.1, 0.15) is 34.3 Å². The summed E-state index contributed by atoms with van der Waals surface area (Å²) >= 11 is 6.57. The normalized spacial score (nSPS) is 12.4. The molecule has 0 saturated carbocycles. The smallest absolute Gasteiger partial charge is 0.253 e. The zero-order valence-electron chi connectivity index (χ0n) is 20.6. The van der Waals surface area contributed by atoms with Gasteiger partial charge in [-0.05, 0) is 58.1 Å². The minimum atomic E-state index is -0.609. The number of nitrogens with one attached hydrogen (secondary N) is 1. The molecule has 0 bridgehead atoms. The second-order valence-corrected chi connectivity index (χ2v) is 9.23. The van der Waals surface area contributed by atoms with Crippen molar-refractivity contribution in [2.45, 2.75) is 32.6 Å². The number of aryl methyl sites for hydroxylation is 1. The Morgan fingerprint density at radius 3 is 2.78 bits per heavy atom. The fourth-order valence-corrected chi connectivity index (χ4v) is 4.73. The highest BCUT2D eigenvalue weighted by Gasteiger charge is 2.31. The monoisotopic (exact) mass is 518 g/mol. The summed E-state index contributed by atoms with van der Waals surface area (Å²) in [6.45, 7) is 3.64. The Morgan fingerprint density at radius 1 is 1.14 bits per heavy atom. The third-order valence-electron chi connectivity index (χ3n) is 6.36. The van der Waals surface area contributed by atoms with Crippen LogP contribution in [-0.2, 0) is 24.4 Å². The lowest BCUT2D eigenvalue weighted by molar-refractivity contribution is 0.163. The number of aromatic nitrogens is 5. The standard InChI is InChI=1S/C27H27ClN6O3/c1-18-7-5-9-19-15-22(27(35)29-24(18)19)25(26-30-31-32-34(26)12-14-36-2)33(17-21-10-6-13-37-21)16-20-8-3-4-11-23(20)28/h3-11,13,15,25H,12,14,16-17H2,1-2H3,(H,29,35)/t25-/m1/s1. The molecule has 0 spiro atoms. The average Bonchev–Trinajstić information content (AvgIpc) is 3.57. The number of aromatic amines is 1. The maximum atomic E-state index is 13.6. The van der Waals surface area contributed by atoms with E-state index in [-0.39, 0.29) is 5.56 Å². The predicted octanol–water partition coefficient (Wildman–Crippen LogP) is 4.51. The summed E-state index contributed by atoms with van der Waals surface area (Å²) in [4.78, 5) is 18.8. The molecule has 0 amide bonds. The van der Waals surface area contributed by atoms with Crippen LogP contribution in [0, 0.1) is 6.92 Å². The minimum absolute atomic E-state index is 0.211. The Labute approximate surface area is 218 Å². The van der Waals surface area contributed by atoms with E-state index in [2.05, 4.69) is 25.4 Å². The van der Waals surface area contributed by atoms with Crippen LogP contribution in [0.4, 0.5) is 0 Å². The highest BCUT2D eigenvalue weighted by Crippen LogP contribution is 2.31. The number of methoxy groups -OCH3 is 1. The first-order valence-corrected chi connectivity index (χ1v) is 12.3. The Kier molecular flexibility index (Phi) is 7.45. The van der Waals surface area contributed by atoms with E-state index in [1.54, 1.807) is 18.1 Å². The van der Waals surface area contributed by atoms with Crippen LogP contribution in [0.5, 0.6) is 0 Å². The van der Waals surface area contributed by atoms with Crippen LogP contribution in [0.2, 0.25) is 5.02 Å². The predicted molar refractivity (Wildman–Crippen MR) is 140 cm³/mol. The van der Waals surface area contributed by atoms with Crippen LogP contribution in [-0.4, -0.2) is 43.8 Å². The molecule has 37 heavy (non-hydrogen) atoms. The largest absolute Gasteiger partial charge is 0.468 e. The Hall–Kier alpha value is -3.79.